The number of rotatable bonds is 5. The fourth-order valence-electron chi connectivity index (χ4n) is 5.57. The molecule has 3 saturated heterocycles. The quantitative estimate of drug-likeness (QED) is 0.268. The molecule has 5 atom stereocenters. The molecule has 3 aliphatic rings. The third kappa shape index (κ3) is 4.56. The Morgan fingerprint density at radius 1 is 1.03 bits per heavy atom. The fraction of sp³-hybridized carbons (Fsp3) is 0.370. The summed E-state index contributed by atoms with van der Waals surface area (Å²) in [6, 6.07) is 10.3. The predicted molar refractivity (Wildman–Crippen MR) is 123 cm³/mol. The van der Waals surface area contributed by atoms with Crippen LogP contribution in [0.1, 0.15) is 35.6 Å². The summed E-state index contributed by atoms with van der Waals surface area (Å²) in [7, 11) is 0. The van der Waals surface area contributed by atoms with Crippen molar-refractivity contribution in [2.24, 2.45) is 11.8 Å². The van der Waals surface area contributed by atoms with E-state index in [4.69, 9.17) is 4.74 Å². The van der Waals surface area contributed by atoms with E-state index in [0.29, 0.717) is 36.0 Å². The average Bonchev–Trinajstić information content (AvgIpc) is 2.86. The second-order valence-corrected chi connectivity index (χ2v) is 9.41. The number of hydrogen-bond acceptors (Lipinski definition) is 3. The number of halogens is 6. The van der Waals surface area contributed by atoms with Crippen molar-refractivity contribution in [1.29, 1.82) is 0 Å². The first-order valence-corrected chi connectivity index (χ1v) is 11.7. The van der Waals surface area contributed by atoms with Gasteiger partial charge < -0.3 is 4.74 Å². The lowest BCUT2D eigenvalue weighted by molar-refractivity contribution is -0.144. The van der Waals surface area contributed by atoms with Crippen LogP contribution >= 0.6 is 0 Å². The van der Waals surface area contributed by atoms with Crippen LogP contribution in [-0.2, 0) is 12.4 Å². The Kier molecular flexibility index (Phi) is 6.22. The maximum atomic E-state index is 13.9. The molecule has 0 amide bonds. The third-order valence-electron chi connectivity index (χ3n) is 7.36. The molecule has 1 aromatic heterocycles. The monoisotopic (exact) mass is 506 g/mol. The summed E-state index contributed by atoms with van der Waals surface area (Å²) in [4.78, 5) is 6.56. The highest BCUT2D eigenvalue weighted by molar-refractivity contribution is 5.82. The molecular weight excluding hydrogens is 482 g/mol. The maximum absolute atomic E-state index is 13.9. The molecule has 9 heteroatoms. The van der Waals surface area contributed by atoms with Crippen molar-refractivity contribution in [2.45, 2.75) is 37.3 Å². The molecule has 2 bridgehead atoms. The molecule has 0 N–H and O–H groups in total. The van der Waals surface area contributed by atoms with Crippen LogP contribution in [0.4, 0.5) is 26.3 Å². The molecule has 0 radical (unpaired) electrons. The highest BCUT2D eigenvalue weighted by Crippen LogP contribution is 2.46. The molecule has 6 rings (SSSR count). The van der Waals surface area contributed by atoms with E-state index >= 15 is 0 Å². The molecule has 3 aliphatic heterocycles. The van der Waals surface area contributed by atoms with Crippen LogP contribution in [0, 0.1) is 11.8 Å². The van der Waals surface area contributed by atoms with E-state index in [0.717, 1.165) is 24.4 Å². The highest BCUT2D eigenvalue weighted by Gasteiger charge is 2.45. The lowest BCUT2D eigenvalue weighted by Gasteiger charge is -2.51. The Bertz CT molecular complexity index is 1270. The number of benzene rings is 2. The van der Waals surface area contributed by atoms with Gasteiger partial charge in [0.25, 0.3) is 0 Å². The lowest BCUT2D eigenvalue weighted by Crippen LogP contribution is -2.55. The van der Waals surface area contributed by atoms with Crippen molar-refractivity contribution in [1.82, 2.24) is 9.88 Å². The molecule has 3 aromatic rings. The molecule has 3 fully saturated rings. The van der Waals surface area contributed by atoms with Gasteiger partial charge in [-0.1, -0.05) is 24.3 Å². The Hall–Kier alpha value is -3.07. The van der Waals surface area contributed by atoms with Crippen LogP contribution < -0.4 is 4.74 Å². The summed E-state index contributed by atoms with van der Waals surface area (Å²) < 4.78 is 87.6. The number of ether oxygens (including phenoxy) is 1. The molecular formula is C27H24F6N2O. The zero-order valence-electron chi connectivity index (χ0n) is 19.2. The van der Waals surface area contributed by atoms with Gasteiger partial charge in [0.15, 0.2) is 0 Å². The summed E-state index contributed by atoms with van der Waals surface area (Å²) in [5, 5.41) is 0.730. The Morgan fingerprint density at radius 2 is 1.81 bits per heavy atom. The number of pyridine rings is 1. The number of fused-ring (bicyclic) bond motifs is 4. The van der Waals surface area contributed by atoms with Gasteiger partial charge in [-0.05, 0) is 61.6 Å². The van der Waals surface area contributed by atoms with Gasteiger partial charge in [-0.3, -0.25) is 9.88 Å². The van der Waals surface area contributed by atoms with E-state index in [2.05, 4.69) is 16.5 Å². The van der Waals surface area contributed by atoms with E-state index in [1.165, 1.54) is 0 Å². The van der Waals surface area contributed by atoms with Gasteiger partial charge in [-0.15, -0.1) is 6.58 Å². The molecule has 3 nitrogen and oxygen atoms in total. The molecule has 4 heterocycles. The van der Waals surface area contributed by atoms with Crippen LogP contribution in [-0.4, -0.2) is 29.0 Å². The summed E-state index contributed by atoms with van der Waals surface area (Å²) in [6.45, 7) is 5.40. The van der Waals surface area contributed by atoms with Crippen LogP contribution in [0.2, 0.25) is 0 Å². The minimum atomic E-state index is -5.03. The van der Waals surface area contributed by atoms with Gasteiger partial charge in [0.2, 0.25) is 0 Å². The first-order chi connectivity index (χ1) is 17.1. The molecule has 0 spiro atoms. The van der Waals surface area contributed by atoms with E-state index in [9.17, 15) is 26.3 Å². The van der Waals surface area contributed by atoms with Crippen LogP contribution in [0.5, 0.6) is 5.75 Å². The van der Waals surface area contributed by atoms with Crippen molar-refractivity contribution >= 4 is 10.9 Å². The topological polar surface area (TPSA) is 25.4 Å². The molecule has 0 aliphatic carbocycles. The summed E-state index contributed by atoms with van der Waals surface area (Å²) in [5.74, 6) is -0.0302. The minimum Gasteiger partial charge on any atom is -0.483 e. The zero-order valence-corrected chi connectivity index (χ0v) is 19.2. The van der Waals surface area contributed by atoms with Crippen molar-refractivity contribution in [2.75, 3.05) is 13.1 Å². The largest absolute Gasteiger partial charge is 0.483 e. The van der Waals surface area contributed by atoms with Gasteiger partial charge >= 0.3 is 12.4 Å². The number of aromatic nitrogens is 1. The molecule has 36 heavy (non-hydrogen) atoms. The number of nitrogens with zero attached hydrogens (tertiary/aromatic N) is 2. The van der Waals surface area contributed by atoms with Crippen LogP contribution in [0.25, 0.3) is 10.9 Å². The van der Waals surface area contributed by atoms with E-state index in [1.807, 2.05) is 24.3 Å². The van der Waals surface area contributed by atoms with Crippen LogP contribution in [0.15, 0.2) is 67.4 Å². The molecule has 2 aromatic carbocycles. The molecule has 190 valence electrons. The summed E-state index contributed by atoms with van der Waals surface area (Å²) >= 11 is 0. The number of hydrogen-bond donors (Lipinski definition) is 0. The van der Waals surface area contributed by atoms with Gasteiger partial charge in [-0.2, -0.15) is 26.3 Å². The SMILES string of the molecule is C=CC1CN2CCC1C[C@H]2[C@H](Oc1ccc(C(F)(F)F)cc1C(F)(F)F)c1ccnc2ccccc12. The normalized spacial score (nSPS) is 25.1. The van der Waals surface area contributed by atoms with E-state index in [-0.39, 0.29) is 18.0 Å². The Labute approximate surface area is 204 Å². The van der Waals surface area contributed by atoms with E-state index < -0.39 is 35.3 Å². The fourth-order valence-corrected chi connectivity index (χ4v) is 5.57. The molecule has 0 saturated carbocycles. The second kappa shape index (κ2) is 9.10. The maximum Gasteiger partial charge on any atom is 0.419 e. The zero-order chi connectivity index (χ0) is 25.7. The van der Waals surface area contributed by atoms with Crippen molar-refractivity contribution in [3.8, 4) is 5.75 Å². The van der Waals surface area contributed by atoms with Gasteiger partial charge in [0, 0.05) is 23.7 Å². The summed E-state index contributed by atoms with van der Waals surface area (Å²) in [6.07, 6.45) is -5.65. The van der Waals surface area contributed by atoms with Crippen LogP contribution in [0.3, 0.4) is 0 Å². The van der Waals surface area contributed by atoms with Crippen molar-refractivity contribution in [3.05, 3.63) is 84.1 Å². The van der Waals surface area contributed by atoms with Gasteiger partial charge in [-0.25, -0.2) is 0 Å². The second-order valence-electron chi connectivity index (χ2n) is 9.41. The standard InChI is InChI=1S/C27H24F6N2O/c1-2-16-15-35-12-10-17(16)13-23(35)25(20-9-11-34-22-6-4-3-5-19(20)22)36-24-8-7-18(26(28,29)30)14-21(24)27(31,32)33/h2-9,11,14,16-17,23,25H,1,10,12-13,15H2/t16?,17?,23-,25+/m0/s1. The van der Waals surface area contributed by atoms with E-state index in [1.54, 1.807) is 18.3 Å². The first kappa shape index (κ1) is 24.6. The van der Waals surface area contributed by atoms with Crippen molar-refractivity contribution in [3.63, 3.8) is 0 Å². The number of para-hydroxylation sites is 1. The average molecular weight is 506 g/mol. The predicted octanol–water partition coefficient (Wildman–Crippen LogP) is 7.29. The number of alkyl halides is 6. The van der Waals surface area contributed by atoms with Gasteiger partial charge in [0.1, 0.15) is 11.9 Å². The highest BCUT2D eigenvalue weighted by atomic mass is 19.4. The molecule has 3 unspecified atom stereocenters. The Morgan fingerprint density at radius 3 is 2.47 bits per heavy atom. The smallest absolute Gasteiger partial charge is 0.419 e. The van der Waals surface area contributed by atoms with Crippen molar-refractivity contribution < 1.29 is 31.1 Å². The third-order valence-corrected chi connectivity index (χ3v) is 7.36. The minimum absolute atomic E-state index is 0.123. The first-order valence-electron chi connectivity index (χ1n) is 11.7. The Balaban J connectivity index is 1.62. The van der Waals surface area contributed by atoms with Gasteiger partial charge in [0.05, 0.1) is 22.7 Å². The number of piperidine rings is 3. The lowest BCUT2D eigenvalue weighted by atomic mass is 9.73. The summed E-state index contributed by atoms with van der Waals surface area (Å²) in [5.41, 5.74) is -1.50.